The molecule has 38 heavy (non-hydrogen) atoms. The fourth-order valence-electron chi connectivity index (χ4n) is 4.70. The molecule has 1 aliphatic heterocycles. The number of amides is 2. The lowest BCUT2D eigenvalue weighted by Gasteiger charge is -2.44. The fraction of sp³-hybridized carbons (Fsp3) is 0.357. The standard InChI is InChI=1S/C28H32FN3O5S/c1-18(2)28(34)32-19(3)16-31(38(35,36)22-9-6-5-7-10-22)17-24(32)27(33)30-15-21-12-13-23(26(29)20(21)4)25-11-8-14-37-25/h5-14,18-19,24H,15-17H2,1-4H3,(H,30,33)/t19-,24-/m1/s1. The molecule has 2 aromatic carbocycles. The third-order valence-electron chi connectivity index (χ3n) is 6.83. The van der Waals surface area contributed by atoms with Crippen LogP contribution in [-0.4, -0.2) is 54.6 Å². The molecule has 1 saturated heterocycles. The number of hydrogen-bond donors (Lipinski definition) is 1. The first-order valence-electron chi connectivity index (χ1n) is 12.5. The second-order valence-electron chi connectivity index (χ2n) is 9.81. The molecule has 0 saturated carbocycles. The monoisotopic (exact) mass is 541 g/mol. The third-order valence-corrected chi connectivity index (χ3v) is 8.67. The Morgan fingerprint density at radius 2 is 1.79 bits per heavy atom. The maximum absolute atomic E-state index is 15.1. The number of hydrogen-bond acceptors (Lipinski definition) is 5. The molecule has 1 aromatic heterocycles. The molecular weight excluding hydrogens is 509 g/mol. The van der Waals surface area contributed by atoms with E-state index in [0.29, 0.717) is 22.5 Å². The van der Waals surface area contributed by atoms with Gasteiger partial charge in [0.2, 0.25) is 21.8 Å². The Kier molecular flexibility index (Phi) is 8.03. The zero-order valence-electron chi connectivity index (χ0n) is 21.8. The minimum Gasteiger partial charge on any atom is -0.464 e. The fourth-order valence-corrected chi connectivity index (χ4v) is 6.25. The van der Waals surface area contributed by atoms with E-state index in [-0.39, 0.29) is 36.4 Å². The second kappa shape index (κ2) is 11.1. The average molecular weight is 542 g/mol. The molecule has 1 aliphatic rings. The van der Waals surface area contributed by atoms with E-state index in [1.165, 1.54) is 27.6 Å². The van der Waals surface area contributed by atoms with Crippen LogP contribution in [0.4, 0.5) is 4.39 Å². The average Bonchev–Trinajstić information content (AvgIpc) is 3.43. The van der Waals surface area contributed by atoms with E-state index >= 15 is 4.39 Å². The van der Waals surface area contributed by atoms with Crippen LogP contribution >= 0.6 is 0 Å². The van der Waals surface area contributed by atoms with Gasteiger partial charge in [0.05, 0.1) is 16.7 Å². The first kappa shape index (κ1) is 27.5. The molecule has 2 amide bonds. The number of piperazine rings is 1. The van der Waals surface area contributed by atoms with Crippen molar-refractivity contribution in [3.05, 3.63) is 77.8 Å². The van der Waals surface area contributed by atoms with Crippen molar-refractivity contribution in [3.63, 3.8) is 0 Å². The van der Waals surface area contributed by atoms with Crippen LogP contribution in [0.3, 0.4) is 0 Å². The molecule has 202 valence electrons. The van der Waals surface area contributed by atoms with Gasteiger partial charge in [0, 0.05) is 31.6 Å². The normalized spacial score (nSPS) is 18.5. The van der Waals surface area contributed by atoms with Crippen LogP contribution in [0, 0.1) is 18.7 Å². The van der Waals surface area contributed by atoms with Gasteiger partial charge in [-0.2, -0.15) is 4.31 Å². The predicted octanol–water partition coefficient (Wildman–Crippen LogP) is 3.96. The van der Waals surface area contributed by atoms with Crippen molar-refractivity contribution in [3.8, 4) is 11.3 Å². The summed E-state index contributed by atoms with van der Waals surface area (Å²) in [6.45, 7) is 6.73. The number of nitrogens with one attached hydrogen (secondary N) is 1. The molecule has 0 radical (unpaired) electrons. The number of carbonyl (C=O) groups excluding carboxylic acids is 2. The summed E-state index contributed by atoms with van der Waals surface area (Å²) >= 11 is 0. The van der Waals surface area contributed by atoms with Crippen molar-refractivity contribution in [2.45, 2.75) is 51.2 Å². The number of benzene rings is 2. The van der Waals surface area contributed by atoms with Crippen LogP contribution in [-0.2, 0) is 26.2 Å². The summed E-state index contributed by atoms with van der Waals surface area (Å²) in [6.07, 6.45) is 1.47. The molecule has 8 nitrogen and oxygen atoms in total. The summed E-state index contributed by atoms with van der Waals surface area (Å²) < 4.78 is 48.3. The van der Waals surface area contributed by atoms with Crippen molar-refractivity contribution in [2.24, 2.45) is 5.92 Å². The van der Waals surface area contributed by atoms with Crippen LogP contribution in [0.5, 0.6) is 0 Å². The van der Waals surface area contributed by atoms with Gasteiger partial charge in [0.25, 0.3) is 0 Å². The first-order valence-corrected chi connectivity index (χ1v) is 13.9. The summed E-state index contributed by atoms with van der Waals surface area (Å²) in [4.78, 5) is 28.2. The molecule has 10 heteroatoms. The van der Waals surface area contributed by atoms with E-state index in [0.717, 1.165) is 0 Å². The smallest absolute Gasteiger partial charge is 0.244 e. The van der Waals surface area contributed by atoms with Crippen molar-refractivity contribution in [1.29, 1.82) is 0 Å². The van der Waals surface area contributed by atoms with Crippen LogP contribution in [0.25, 0.3) is 11.3 Å². The van der Waals surface area contributed by atoms with E-state index < -0.39 is 33.8 Å². The number of rotatable bonds is 7. The molecule has 3 aromatic rings. The minimum atomic E-state index is -3.88. The Morgan fingerprint density at radius 1 is 1.08 bits per heavy atom. The van der Waals surface area contributed by atoms with Crippen molar-refractivity contribution in [1.82, 2.24) is 14.5 Å². The Balaban J connectivity index is 1.58. The number of carbonyl (C=O) groups is 2. The van der Waals surface area contributed by atoms with E-state index in [9.17, 15) is 18.0 Å². The summed E-state index contributed by atoms with van der Waals surface area (Å²) in [6, 6.07) is 13.1. The quantitative estimate of drug-likeness (QED) is 0.488. The molecule has 2 atom stereocenters. The van der Waals surface area contributed by atoms with Gasteiger partial charge in [-0.1, -0.05) is 38.1 Å². The molecule has 1 N–H and O–H groups in total. The van der Waals surface area contributed by atoms with Gasteiger partial charge < -0.3 is 14.6 Å². The van der Waals surface area contributed by atoms with E-state index in [1.807, 2.05) is 0 Å². The van der Waals surface area contributed by atoms with Gasteiger partial charge >= 0.3 is 0 Å². The first-order chi connectivity index (χ1) is 18.0. The predicted molar refractivity (Wildman–Crippen MR) is 141 cm³/mol. The Bertz CT molecular complexity index is 1410. The van der Waals surface area contributed by atoms with Gasteiger partial charge in [0.1, 0.15) is 17.6 Å². The van der Waals surface area contributed by atoms with Gasteiger partial charge in [0.15, 0.2) is 0 Å². The van der Waals surface area contributed by atoms with Gasteiger partial charge in [-0.3, -0.25) is 9.59 Å². The molecule has 2 heterocycles. The zero-order chi connectivity index (χ0) is 27.6. The van der Waals surface area contributed by atoms with E-state index in [2.05, 4.69) is 5.32 Å². The lowest BCUT2D eigenvalue weighted by atomic mass is 10.0. The topological polar surface area (TPSA) is 99.9 Å². The summed E-state index contributed by atoms with van der Waals surface area (Å²) in [5.41, 5.74) is 1.24. The van der Waals surface area contributed by atoms with Crippen molar-refractivity contribution in [2.75, 3.05) is 13.1 Å². The van der Waals surface area contributed by atoms with Gasteiger partial charge in [-0.15, -0.1) is 0 Å². The maximum atomic E-state index is 15.1. The van der Waals surface area contributed by atoms with Gasteiger partial charge in [-0.25, -0.2) is 12.8 Å². The molecule has 0 unspecified atom stereocenters. The molecular formula is C28H32FN3O5S. The molecule has 4 rings (SSSR count). The lowest BCUT2D eigenvalue weighted by molar-refractivity contribution is -0.148. The number of halogens is 1. The third kappa shape index (κ3) is 5.37. The number of sulfonamides is 1. The largest absolute Gasteiger partial charge is 0.464 e. The molecule has 0 spiro atoms. The lowest BCUT2D eigenvalue weighted by Crippen LogP contribution is -2.65. The number of nitrogens with zero attached hydrogens (tertiary/aromatic N) is 2. The Labute approximate surface area is 222 Å². The van der Waals surface area contributed by atoms with Crippen LogP contribution in [0.15, 0.2) is 70.2 Å². The van der Waals surface area contributed by atoms with E-state index in [4.69, 9.17) is 4.42 Å². The summed E-state index contributed by atoms with van der Waals surface area (Å²) in [5, 5.41) is 2.80. The summed E-state index contributed by atoms with van der Waals surface area (Å²) in [7, 11) is -3.88. The van der Waals surface area contributed by atoms with Crippen molar-refractivity contribution < 1.29 is 26.8 Å². The second-order valence-corrected chi connectivity index (χ2v) is 11.7. The Morgan fingerprint density at radius 3 is 2.42 bits per heavy atom. The van der Waals surface area contributed by atoms with Crippen LogP contribution in [0.1, 0.15) is 31.9 Å². The maximum Gasteiger partial charge on any atom is 0.244 e. The highest BCUT2D eigenvalue weighted by Gasteiger charge is 2.43. The molecule has 0 bridgehead atoms. The SMILES string of the molecule is Cc1c(CNC(=O)[C@H]2CN(S(=O)(=O)c3ccccc3)C[C@@H](C)N2C(=O)C(C)C)ccc(-c2ccco2)c1F. The highest BCUT2D eigenvalue weighted by atomic mass is 32.2. The minimum absolute atomic E-state index is 0.0139. The van der Waals surface area contributed by atoms with Crippen LogP contribution < -0.4 is 5.32 Å². The van der Waals surface area contributed by atoms with E-state index in [1.54, 1.807) is 70.2 Å². The Hall–Kier alpha value is -3.50. The number of furan rings is 1. The van der Waals surface area contributed by atoms with Crippen LogP contribution in [0.2, 0.25) is 0 Å². The molecule has 0 aliphatic carbocycles. The highest BCUT2D eigenvalue weighted by molar-refractivity contribution is 7.89. The summed E-state index contributed by atoms with van der Waals surface area (Å²) in [5.74, 6) is -1.17. The van der Waals surface area contributed by atoms with Crippen molar-refractivity contribution >= 4 is 21.8 Å². The van der Waals surface area contributed by atoms with Gasteiger partial charge in [-0.05, 0) is 55.3 Å². The molecule has 1 fully saturated rings. The highest BCUT2D eigenvalue weighted by Crippen LogP contribution is 2.28. The zero-order valence-corrected chi connectivity index (χ0v) is 22.7.